The van der Waals surface area contributed by atoms with Crippen molar-refractivity contribution < 1.29 is 28.6 Å². The van der Waals surface area contributed by atoms with Gasteiger partial charge in [0.25, 0.3) is 0 Å². The van der Waals surface area contributed by atoms with Crippen LogP contribution in [0.2, 0.25) is 0 Å². The number of rotatable bonds is 5. The lowest BCUT2D eigenvalue weighted by atomic mass is 9.57. The molecule has 4 atom stereocenters. The number of hydrogen-bond acceptors (Lipinski definition) is 6. The van der Waals surface area contributed by atoms with Crippen LogP contribution in [0.4, 0.5) is 0 Å². The van der Waals surface area contributed by atoms with E-state index in [1.165, 1.54) is 14.2 Å². The fourth-order valence-electron chi connectivity index (χ4n) is 6.27. The Labute approximate surface area is 192 Å². The third kappa shape index (κ3) is 2.89. The molecule has 2 aliphatic carbocycles. The van der Waals surface area contributed by atoms with Crippen LogP contribution in [0.5, 0.6) is 0 Å². The summed E-state index contributed by atoms with van der Waals surface area (Å²) in [5.41, 5.74) is 0.0100. The summed E-state index contributed by atoms with van der Waals surface area (Å²) in [6.07, 6.45) is 4.55. The zero-order chi connectivity index (χ0) is 23.2. The van der Waals surface area contributed by atoms with E-state index in [-0.39, 0.29) is 18.4 Å². The first-order valence-electron chi connectivity index (χ1n) is 11.1. The maximum Gasteiger partial charge on any atom is 0.324 e. The van der Waals surface area contributed by atoms with Crippen LogP contribution in [0.3, 0.4) is 0 Å². The predicted molar refractivity (Wildman–Crippen MR) is 119 cm³/mol. The van der Waals surface area contributed by atoms with Crippen molar-refractivity contribution in [3.63, 3.8) is 0 Å². The minimum absolute atomic E-state index is 0.119. The number of allylic oxidation sites excluding steroid dienone is 1. The Hall–Kier alpha value is -3.41. The zero-order valence-corrected chi connectivity index (χ0v) is 18.6. The molecule has 0 spiro atoms. The fraction of sp³-hybridized carbons (Fsp3) is 0.370. The highest BCUT2D eigenvalue weighted by molar-refractivity contribution is 6.05. The molecule has 6 heteroatoms. The number of ether oxygens (including phenoxy) is 3. The molecular weight excluding hydrogens is 420 g/mol. The van der Waals surface area contributed by atoms with Crippen LogP contribution in [-0.2, 0) is 34.0 Å². The highest BCUT2D eigenvalue weighted by atomic mass is 16.6. The molecule has 2 fully saturated rings. The molecule has 3 aliphatic rings. The molecule has 170 valence electrons. The van der Waals surface area contributed by atoms with E-state index in [0.29, 0.717) is 0 Å². The number of cyclic esters (lactones) is 1. The first-order valence-corrected chi connectivity index (χ1v) is 11.1. The second-order valence-electron chi connectivity index (χ2n) is 9.05. The van der Waals surface area contributed by atoms with Gasteiger partial charge in [-0.05, 0) is 23.5 Å². The molecule has 2 aromatic carbocycles. The summed E-state index contributed by atoms with van der Waals surface area (Å²) in [6.45, 7) is 0.135. The minimum Gasteiger partial charge on any atom is -0.468 e. The molecule has 0 radical (unpaired) electrons. The quantitative estimate of drug-likeness (QED) is 0.304. The molecule has 0 unspecified atom stereocenters. The Bertz CT molecular complexity index is 1050. The molecule has 1 aliphatic heterocycles. The van der Waals surface area contributed by atoms with Crippen molar-refractivity contribution >= 4 is 17.9 Å². The summed E-state index contributed by atoms with van der Waals surface area (Å²) in [6, 6.07) is 20.2. The third-order valence-electron chi connectivity index (χ3n) is 7.75. The van der Waals surface area contributed by atoms with E-state index in [9.17, 15) is 14.4 Å². The van der Waals surface area contributed by atoms with Crippen LogP contribution >= 0.6 is 0 Å². The van der Waals surface area contributed by atoms with Gasteiger partial charge >= 0.3 is 17.9 Å². The Kier molecular flexibility index (Phi) is 5.11. The molecule has 6 nitrogen and oxygen atoms in total. The van der Waals surface area contributed by atoms with E-state index >= 15 is 0 Å². The number of benzene rings is 2. The van der Waals surface area contributed by atoms with Gasteiger partial charge in [-0.15, -0.1) is 0 Å². The molecule has 1 saturated carbocycles. The van der Waals surface area contributed by atoms with Gasteiger partial charge in [0.05, 0.1) is 26.7 Å². The van der Waals surface area contributed by atoms with E-state index < -0.39 is 40.6 Å². The summed E-state index contributed by atoms with van der Waals surface area (Å²) in [5.74, 6) is -4.13. The minimum atomic E-state index is -1.80. The maximum absolute atomic E-state index is 13.4. The molecule has 5 rings (SSSR count). The molecule has 33 heavy (non-hydrogen) atoms. The highest BCUT2D eigenvalue weighted by Gasteiger charge is 2.73. The van der Waals surface area contributed by atoms with Crippen molar-refractivity contribution in [2.75, 3.05) is 20.8 Å². The summed E-state index contributed by atoms with van der Waals surface area (Å²) in [4.78, 5) is 39.8. The van der Waals surface area contributed by atoms with Crippen molar-refractivity contribution in [2.45, 2.75) is 11.8 Å². The molecule has 0 amide bonds. The van der Waals surface area contributed by atoms with Gasteiger partial charge in [0.15, 0.2) is 5.41 Å². The number of methoxy groups -OCH3 is 2. The second kappa shape index (κ2) is 7.87. The van der Waals surface area contributed by atoms with Gasteiger partial charge in [-0.25, -0.2) is 0 Å². The Morgan fingerprint density at radius 3 is 1.94 bits per heavy atom. The topological polar surface area (TPSA) is 78.9 Å². The molecule has 1 heterocycles. The van der Waals surface area contributed by atoms with Crippen LogP contribution in [0.1, 0.15) is 17.5 Å². The van der Waals surface area contributed by atoms with Crippen molar-refractivity contribution in [3.05, 3.63) is 83.9 Å². The van der Waals surface area contributed by atoms with Crippen LogP contribution in [-0.4, -0.2) is 38.7 Å². The Balaban J connectivity index is 1.70. The van der Waals surface area contributed by atoms with E-state index in [1.807, 2.05) is 48.6 Å². The molecule has 2 aromatic rings. The summed E-state index contributed by atoms with van der Waals surface area (Å²) in [5, 5.41) is 0. The van der Waals surface area contributed by atoms with Crippen LogP contribution in [0.15, 0.2) is 72.8 Å². The SMILES string of the molecule is COC(=O)C1(C(=O)OC)[C@@H]([C@@H]2CC2(c2ccccc2)c2ccccc2)C=C[C@H]2COC(=O)[C@@H]21. The van der Waals surface area contributed by atoms with E-state index in [4.69, 9.17) is 14.2 Å². The van der Waals surface area contributed by atoms with Crippen molar-refractivity contribution in [1.29, 1.82) is 0 Å². The van der Waals surface area contributed by atoms with Gasteiger partial charge < -0.3 is 14.2 Å². The normalized spacial score (nSPS) is 28.4. The number of hydrogen-bond donors (Lipinski definition) is 0. The molecular formula is C27H26O6. The lowest BCUT2D eigenvalue weighted by molar-refractivity contribution is -0.183. The van der Waals surface area contributed by atoms with Gasteiger partial charge in [0, 0.05) is 17.3 Å². The van der Waals surface area contributed by atoms with Gasteiger partial charge in [0.1, 0.15) is 0 Å². The monoisotopic (exact) mass is 446 g/mol. The average molecular weight is 446 g/mol. The molecule has 1 saturated heterocycles. The van der Waals surface area contributed by atoms with Gasteiger partial charge in [0.2, 0.25) is 0 Å². The molecule has 0 bridgehead atoms. The van der Waals surface area contributed by atoms with E-state index in [2.05, 4.69) is 24.3 Å². The second-order valence-corrected chi connectivity index (χ2v) is 9.05. The average Bonchev–Trinajstić information content (AvgIpc) is 3.52. The summed E-state index contributed by atoms with van der Waals surface area (Å²) < 4.78 is 15.7. The standard InChI is InChI=1S/C27H26O6/c1-31-24(29)27(25(30)32-2)20(14-13-17-16-33-23(28)22(17)27)21-15-26(21,18-9-5-3-6-10-18)19-11-7-4-8-12-19/h3-14,17,20-22H,15-16H2,1-2H3/t17-,20+,21-,22+/m0/s1. The third-order valence-corrected chi connectivity index (χ3v) is 7.75. The first-order chi connectivity index (χ1) is 16.0. The predicted octanol–water partition coefficient (Wildman–Crippen LogP) is 3.30. The molecule has 0 N–H and O–H groups in total. The van der Waals surface area contributed by atoms with Crippen LogP contribution < -0.4 is 0 Å². The van der Waals surface area contributed by atoms with Crippen molar-refractivity contribution in [3.8, 4) is 0 Å². The van der Waals surface area contributed by atoms with Crippen LogP contribution in [0.25, 0.3) is 0 Å². The molecule has 0 aromatic heterocycles. The smallest absolute Gasteiger partial charge is 0.324 e. The zero-order valence-electron chi connectivity index (χ0n) is 18.6. The van der Waals surface area contributed by atoms with Crippen LogP contribution in [0, 0.1) is 29.1 Å². The van der Waals surface area contributed by atoms with E-state index in [0.717, 1.165) is 17.5 Å². The Morgan fingerprint density at radius 2 is 1.42 bits per heavy atom. The number of esters is 3. The summed E-state index contributed by atoms with van der Waals surface area (Å²) >= 11 is 0. The highest BCUT2D eigenvalue weighted by Crippen LogP contribution is 2.67. The van der Waals surface area contributed by atoms with Gasteiger partial charge in [-0.2, -0.15) is 0 Å². The number of carbonyl (C=O) groups is 3. The maximum atomic E-state index is 13.4. The lowest BCUT2D eigenvalue weighted by Crippen LogP contribution is -2.57. The number of fused-ring (bicyclic) bond motifs is 1. The Morgan fingerprint density at radius 1 is 0.879 bits per heavy atom. The van der Waals surface area contributed by atoms with Gasteiger partial charge in [-0.3, -0.25) is 14.4 Å². The van der Waals surface area contributed by atoms with Crippen molar-refractivity contribution in [1.82, 2.24) is 0 Å². The van der Waals surface area contributed by atoms with Crippen molar-refractivity contribution in [2.24, 2.45) is 29.1 Å². The van der Waals surface area contributed by atoms with Gasteiger partial charge in [-0.1, -0.05) is 72.8 Å². The largest absolute Gasteiger partial charge is 0.468 e. The summed E-state index contributed by atoms with van der Waals surface area (Å²) in [7, 11) is 2.48. The van der Waals surface area contributed by atoms with E-state index in [1.54, 1.807) is 0 Å². The first kappa shape index (κ1) is 21.4. The fourth-order valence-corrected chi connectivity index (χ4v) is 6.27. The lowest BCUT2D eigenvalue weighted by Gasteiger charge is -2.42. The number of carbonyl (C=O) groups excluding carboxylic acids is 3.